The van der Waals surface area contributed by atoms with Gasteiger partial charge in [-0.15, -0.1) is 0 Å². The van der Waals surface area contributed by atoms with Crippen LogP contribution >= 0.6 is 0 Å². The van der Waals surface area contributed by atoms with Crippen LogP contribution in [0.3, 0.4) is 0 Å². The van der Waals surface area contributed by atoms with E-state index >= 15 is 0 Å². The number of ether oxygens (including phenoxy) is 2. The Balaban J connectivity index is 1.82. The summed E-state index contributed by atoms with van der Waals surface area (Å²) in [6.07, 6.45) is 2.67. The molecule has 1 aliphatic rings. The quantitative estimate of drug-likeness (QED) is 0.449. The maximum atomic E-state index is 13.6. The molecule has 2 aromatic carbocycles. The number of fused-ring (bicyclic) bond motifs is 2. The Hall–Kier alpha value is -3.12. The minimum atomic E-state index is -0.523. The largest absolute Gasteiger partial charge is 0.494 e. The van der Waals surface area contributed by atoms with Gasteiger partial charge in [-0.1, -0.05) is 37.1 Å². The zero-order chi connectivity index (χ0) is 22.7. The summed E-state index contributed by atoms with van der Waals surface area (Å²) in [5, 5.41) is 0.496. The van der Waals surface area contributed by atoms with E-state index in [2.05, 4.69) is 6.92 Å². The maximum Gasteiger partial charge on any atom is 0.290 e. The molecule has 1 amide bonds. The number of rotatable bonds is 9. The number of hydrogen-bond acceptors (Lipinski definition) is 5. The third kappa shape index (κ3) is 4.15. The molecule has 0 aliphatic carbocycles. The molecule has 0 spiro atoms. The van der Waals surface area contributed by atoms with Crippen molar-refractivity contribution < 1.29 is 18.7 Å². The number of unbranched alkanes of at least 4 members (excludes halogenated alkanes) is 1. The second kappa shape index (κ2) is 9.57. The molecule has 3 aromatic rings. The number of carbonyl (C=O) groups excluding carboxylic acids is 1. The molecule has 0 saturated heterocycles. The van der Waals surface area contributed by atoms with Gasteiger partial charge in [-0.05, 0) is 49.6 Å². The van der Waals surface area contributed by atoms with E-state index in [-0.39, 0.29) is 17.1 Å². The standard InChI is InChI=1S/C26H29NO5/c1-4-5-14-31-19-9-6-8-18(16-19)23-22-24(28)20-15-17(2)10-11-21(20)32-25(22)26(29)27(23)12-7-13-30-3/h6,8-11,15-16,23H,4-5,7,12-14H2,1-3H3. The van der Waals surface area contributed by atoms with Gasteiger partial charge >= 0.3 is 0 Å². The Labute approximate surface area is 187 Å². The molecule has 1 unspecified atom stereocenters. The van der Waals surface area contributed by atoms with Crippen LogP contribution in [0.2, 0.25) is 0 Å². The Morgan fingerprint density at radius 1 is 1.06 bits per heavy atom. The fourth-order valence-corrected chi connectivity index (χ4v) is 4.20. The van der Waals surface area contributed by atoms with Gasteiger partial charge in [0.25, 0.3) is 5.91 Å². The van der Waals surface area contributed by atoms with Crippen molar-refractivity contribution in [2.24, 2.45) is 0 Å². The topological polar surface area (TPSA) is 69.0 Å². The van der Waals surface area contributed by atoms with E-state index in [0.717, 1.165) is 29.7 Å². The fraction of sp³-hybridized carbons (Fsp3) is 0.385. The van der Waals surface area contributed by atoms with Crippen molar-refractivity contribution in [3.05, 3.63) is 75.1 Å². The van der Waals surface area contributed by atoms with Crippen LogP contribution in [0.15, 0.2) is 51.7 Å². The van der Waals surface area contributed by atoms with Crippen molar-refractivity contribution >= 4 is 16.9 Å². The summed E-state index contributed by atoms with van der Waals surface area (Å²) < 4.78 is 17.1. The Kier molecular flexibility index (Phi) is 6.61. The first-order chi connectivity index (χ1) is 15.5. The van der Waals surface area contributed by atoms with Gasteiger partial charge < -0.3 is 18.8 Å². The first kappa shape index (κ1) is 22.1. The normalized spacial score (nSPS) is 15.4. The van der Waals surface area contributed by atoms with E-state index in [1.807, 2.05) is 43.3 Å². The zero-order valence-corrected chi connectivity index (χ0v) is 18.8. The number of aryl methyl sites for hydroxylation is 1. The third-order valence-corrected chi connectivity index (χ3v) is 5.81. The van der Waals surface area contributed by atoms with Crippen molar-refractivity contribution in [1.29, 1.82) is 0 Å². The lowest BCUT2D eigenvalue weighted by atomic mass is 9.98. The number of nitrogens with zero attached hydrogens (tertiary/aromatic N) is 1. The molecule has 1 aromatic heterocycles. The number of methoxy groups -OCH3 is 1. The minimum absolute atomic E-state index is 0.131. The summed E-state index contributed by atoms with van der Waals surface area (Å²) in [4.78, 5) is 28.6. The van der Waals surface area contributed by atoms with Crippen molar-refractivity contribution in [2.45, 2.75) is 39.2 Å². The zero-order valence-electron chi connectivity index (χ0n) is 18.8. The van der Waals surface area contributed by atoms with E-state index < -0.39 is 6.04 Å². The van der Waals surface area contributed by atoms with E-state index in [1.54, 1.807) is 18.1 Å². The molecule has 0 saturated carbocycles. The molecule has 0 fully saturated rings. The molecule has 32 heavy (non-hydrogen) atoms. The second-order valence-corrected chi connectivity index (χ2v) is 8.20. The smallest absolute Gasteiger partial charge is 0.290 e. The fourth-order valence-electron chi connectivity index (χ4n) is 4.20. The van der Waals surface area contributed by atoms with Crippen molar-refractivity contribution in [3.63, 3.8) is 0 Å². The molecular weight excluding hydrogens is 406 g/mol. The molecular formula is C26H29NO5. The molecule has 0 N–H and O–H groups in total. The van der Waals surface area contributed by atoms with Crippen LogP contribution in [0.1, 0.15) is 59.5 Å². The summed E-state index contributed by atoms with van der Waals surface area (Å²) in [5.74, 6) is 0.596. The second-order valence-electron chi connectivity index (χ2n) is 8.20. The average molecular weight is 436 g/mol. The predicted molar refractivity (Wildman–Crippen MR) is 123 cm³/mol. The molecule has 4 rings (SSSR count). The monoisotopic (exact) mass is 435 g/mol. The van der Waals surface area contributed by atoms with Gasteiger partial charge in [0, 0.05) is 20.3 Å². The Bertz CT molecular complexity index is 1180. The lowest BCUT2D eigenvalue weighted by molar-refractivity contribution is 0.0707. The highest BCUT2D eigenvalue weighted by Crippen LogP contribution is 2.39. The van der Waals surface area contributed by atoms with Gasteiger partial charge in [0.1, 0.15) is 11.3 Å². The van der Waals surface area contributed by atoms with E-state index in [1.165, 1.54) is 0 Å². The van der Waals surface area contributed by atoms with E-state index in [9.17, 15) is 9.59 Å². The Morgan fingerprint density at radius 3 is 2.69 bits per heavy atom. The Morgan fingerprint density at radius 2 is 1.91 bits per heavy atom. The summed E-state index contributed by atoms with van der Waals surface area (Å²) in [6.45, 7) is 5.66. The van der Waals surface area contributed by atoms with Gasteiger partial charge in [-0.3, -0.25) is 9.59 Å². The number of carbonyl (C=O) groups is 1. The molecule has 0 radical (unpaired) electrons. The molecule has 168 valence electrons. The first-order valence-electron chi connectivity index (χ1n) is 11.1. The number of amides is 1. The summed E-state index contributed by atoms with van der Waals surface area (Å²) in [6, 6.07) is 12.6. The van der Waals surface area contributed by atoms with E-state index in [4.69, 9.17) is 13.9 Å². The van der Waals surface area contributed by atoms with Crippen LogP contribution < -0.4 is 10.2 Å². The van der Waals surface area contributed by atoms with Crippen LogP contribution in [-0.2, 0) is 4.74 Å². The van der Waals surface area contributed by atoms with Crippen LogP contribution in [0.4, 0.5) is 0 Å². The van der Waals surface area contributed by atoms with Crippen molar-refractivity contribution in [3.8, 4) is 5.75 Å². The van der Waals surface area contributed by atoms with Crippen molar-refractivity contribution in [1.82, 2.24) is 4.90 Å². The SMILES string of the molecule is CCCCOc1cccc(C2c3c(oc4ccc(C)cc4c3=O)C(=O)N2CCCOC)c1. The highest BCUT2D eigenvalue weighted by atomic mass is 16.5. The van der Waals surface area contributed by atoms with E-state index in [0.29, 0.717) is 42.7 Å². The van der Waals surface area contributed by atoms with Crippen LogP contribution in [0.5, 0.6) is 5.75 Å². The van der Waals surface area contributed by atoms with Gasteiger partial charge in [0.15, 0.2) is 5.43 Å². The lowest BCUT2D eigenvalue weighted by Crippen LogP contribution is -2.31. The third-order valence-electron chi connectivity index (χ3n) is 5.81. The lowest BCUT2D eigenvalue weighted by Gasteiger charge is -2.25. The van der Waals surface area contributed by atoms with Gasteiger partial charge in [0.2, 0.25) is 5.76 Å². The molecule has 2 heterocycles. The highest BCUT2D eigenvalue weighted by molar-refractivity contribution is 5.99. The van der Waals surface area contributed by atoms with Crippen LogP contribution in [0.25, 0.3) is 11.0 Å². The van der Waals surface area contributed by atoms with Crippen molar-refractivity contribution in [2.75, 3.05) is 26.9 Å². The van der Waals surface area contributed by atoms with Crippen LogP contribution in [-0.4, -0.2) is 37.7 Å². The highest BCUT2D eigenvalue weighted by Gasteiger charge is 2.42. The number of hydrogen-bond donors (Lipinski definition) is 0. The number of benzene rings is 2. The predicted octanol–water partition coefficient (Wildman–Crippen LogP) is 4.86. The molecule has 0 bridgehead atoms. The summed E-state index contributed by atoms with van der Waals surface area (Å²) in [5.41, 5.74) is 2.48. The molecule has 1 aliphatic heterocycles. The molecule has 6 nitrogen and oxygen atoms in total. The van der Waals surface area contributed by atoms with Gasteiger partial charge in [-0.2, -0.15) is 0 Å². The maximum absolute atomic E-state index is 13.6. The average Bonchev–Trinajstić information content (AvgIpc) is 3.07. The van der Waals surface area contributed by atoms with Gasteiger partial charge in [-0.25, -0.2) is 0 Å². The van der Waals surface area contributed by atoms with Gasteiger partial charge in [0.05, 0.1) is 23.6 Å². The molecule has 6 heteroatoms. The summed E-state index contributed by atoms with van der Waals surface area (Å²) in [7, 11) is 1.63. The minimum Gasteiger partial charge on any atom is -0.494 e. The first-order valence-corrected chi connectivity index (χ1v) is 11.1. The molecule has 1 atom stereocenters. The summed E-state index contributed by atoms with van der Waals surface area (Å²) >= 11 is 0. The van der Waals surface area contributed by atoms with Crippen LogP contribution in [0, 0.1) is 6.92 Å².